The zero-order valence-corrected chi connectivity index (χ0v) is 9.85. The van der Waals surface area contributed by atoms with E-state index in [9.17, 15) is 9.82 Å². The smallest absolute Gasteiger partial charge is 0.376 e. The number of piperidine rings is 1. The molecule has 0 bridgehead atoms. The Hall–Kier alpha value is -0.545. The van der Waals surface area contributed by atoms with E-state index in [4.69, 9.17) is 5.11 Å². The van der Waals surface area contributed by atoms with Gasteiger partial charge in [0.25, 0.3) is 0 Å². The van der Waals surface area contributed by atoms with Crippen molar-refractivity contribution >= 4 is 13.0 Å². The molecule has 1 saturated heterocycles. The van der Waals surface area contributed by atoms with E-state index in [1.807, 2.05) is 0 Å². The van der Waals surface area contributed by atoms with Gasteiger partial charge in [0.05, 0.1) is 5.92 Å². The predicted molar refractivity (Wildman–Crippen MR) is 62.1 cm³/mol. The fraction of sp³-hybridized carbons (Fsp3) is 0.909. The van der Waals surface area contributed by atoms with E-state index in [-0.39, 0.29) is 18.4 Å². The number of aliphatic carboxylic acids is 1. The highest BCUT2D eigenvalue weighted by atomic mass is 16.4. The Kier molecular flexibility index (Phi) is 3.26. The average molecular weight is 225 g/mol. The molecule has 0 radical (unpaired) electrons. The van der Waals surface area contributed by atoms with Crippen LogP contribution in [0.4, 0.5) is 0 Å². The molecule has 5 heteroatoms. The van der Waals surface area contributed by atoms with Gasteiger partial charge < -0.3 is 14.9 Å². The maximum atomic E-state index is 10.9. The van der Waals surface area contributed by atoms with Crippen molar-refractivity contribution in [3.63, 3.8) is 0 Å². The second kappa shape index (κ2) is 4.38. The number of carbonyl (C=O) groups is 1. The van der Waals surface area contributed by atoms with Gasteiger partial charge in [-0.05, 0) is 57.4 Å². The van der Waals surface area contributed by atoms with Gasteiger partial charge in [-0.3, -0.25) is 4.79 Å². The summed E-state index contributed by atoms with van der Waals surface area (Å²) in [6.45, 7) is 3.61. The number of hydrogen-bond donors (Lipinski definition) is 2. The lowest BCUT2D eigenvalue weighted by atomic mass is 9.72. The first kappa shape index (κ1) is 11.9. The average Bonchev–Trinajstić information content (AvgIpc) is 2.63. The van der Waals surface area contributed by atoms with Crippen LogP contribution < -0.4 is 0 Å². The van der Waals surface area contributed by atoms with Gasteiger partial charge >= 0.3 is 13.0 Å². The standard InChI is InChI=1S/C11H20BNO3/c1-12(16)13-6-4-11(5-7-13)3-2-9(8-11)10(14)15/h9,16H,2-8H2,1H3,(H,14,15). The molecule has 2 N–H and O–H groups in total. The highest BCUT2D eigenvalue weighted by Crippen LogP contribution is 2.48. The van der Waals surface area contributed by atoms with Crippen molar-refractivity contribution in [2.24, 2.45) is 11.3 Å². The van der Waals surface area contributed by atoms with E-state index in [2.05, 4.69) is 4.81 Å². The van der Waals surface area contributed by atoms with E-state index in [0.29, 0.717) is 0 Å². The molecule has 0 amide bonds. The van der Waals surface area contributed by atoms with Crippen LogP contribution in [-0.2, 0) is 4.79 Å². The third-order valence-electron chi connectivity index (χ3n) is 4.44. The van der Waals surface area contributed by atoms with Crippen LogP contribution in [0.3, 0.4) is 0 Å². The molecule has 1 aliphatic carbocycles. The van der Waals surface area contributed by atoms with Crippen LogP contribution in [0, 0.1) is 11.3 Å². The fourth-order valence-corrected chi connectivity index (χ4v) is 3.24. The van der Waals surface area contributed by atoms with Crippen LogP contribution in [0.15, 0.2) is 0 Å². The topological polar surface area (TPSA) is 60.8 Å². The minimum Gasteiger partial charge on any atom is -0.481 e. The molecule has 4 nitrogen and oxygen atoms in total. The van der Waals surface area contributed by atoms with Gasteiger partial charge in [-0.1, -0.05) is 0 Å². The normalized spacial score (nSPS) is 29.5. The van der Waals surface area contributed by atoms with E-state index >= 15 is 0 Å². The first-order valence-electron chi connectivity index (χ1n) is 6.17. The zero-order chi connectivity index (χ0) is 11.8. The molecule has 0 aromatic heterocycles. The summed E-state index contributed by atoms with van der Waals surface area (Å²) in [6, 6.07) is 0. The minimum absolute atomic E-state index is 0.127. The Bertz CT molecular complexity index is 274. The monoisotopic (exact) mass is 225 g/mol. The van der Waals surface area contributed by atoms with Crippen molar-refractivity contribution in [2.75, 3.05) is 13.1 Å². The molecule has 0 aromatic carbocycles. The summed E-state index contributed by atoms with van der Waals surface area (Å²) in [5, 5.41) is 18.5. The number of hydrogen-bond acceptors (Lipinski definition) is 3. The molecule has 0 aromatic rings. The molecule has 2 rings (SSSR count). The van der Waals surface area contributed by atoms with Crippen LogP contribution in [-0.4, -0.2) is 41.1 Å². The Morgan fingerprint density at radius 1 is 1.38 bits per heavy atom. The molecular weight excluding hydrogens is 205 g/mol. The van der Waals surface area contributed by atoms with Crippen LogP contribution in [0.2, 0.25) is 6.82 Å². The van der Waals surface area contributed by atoms with Gasteiger partial charge in [-0.15, -0.1) is 0 Å². The van der Waals surface area contributed by atoms with Crippen LogP contribution >= 0.6 is 0 Å². The van der Waals surface area contributed by atoms with Gasteiger partial charge in [0.15, 0.2) is 0 Å². The Morgan fingerprint density at radius 3 is 2.44 bits per heavy atom. The van der Waals surface area contributed by atoms with Crippen LogP contribution in [0.1, 0.15) is 32.1 Å². The fourth-order valence-electron chi connectivity index (χ4n) is 3.24. The van der Waals surface area contributed by atoms with E-state index < -0.39 is 5.97 Å². The van der Waals surface area contributed by atoms with Gasteiger partial charge in [0.1, 0.15) is 0 Å². The number of carboxylic acid groups (broad SMARTS) is 1. The molecule has 2 aliphatic rings. The Labute approximate surface area is 96.8 Å². The zero-order valence-electron chi connectivity index (χ0n) is 9.85. The maximum absolute atomic E-state index is 10.9. The maximum Gasteiger partial charge on any atom is 0.376 e. The largest absolute Gasteiger partial charge is 0.481 e. The second-order valence-corrected chi connectivity index (χ2v) is 5.45. The van der Waals surface area contributed by atoms with Crippen molar-refractivity contribution in [1.82, 2.24) is 4.81 Å². The molecule has 1 aliphatic heterocycles. The third-order valence-corrected chi connectivity index (χ3v) is 4.44. The first-order chi connectivity index (χ1) is 7.52. The Morgan fingerprint density at radius 2 is 2.00 bits per heavy atom. The summed E-state index contributed by atoms with van der Waals surface area (Å²) in [7, 11) is -0.367. The summed E-state index contributed by atoms with van der Waals surface area (Å²) in [5.74, 6) is -0.757. The molecule has 1 heterocycles. The Balaban J connectivity index is 1.91. The lowest BCUT2D eigenvalue weighted by molar-refractivity contribution is -0.141. The number of nitrogens with zero attached hydrogens (tertiary/aromatic N) is 1. The lowest BCUT2D eigenvalue weighted by Gasteiger charge is -2.40. The third kappa shape index (κ3) is 2.25. The number of carboxylic acids is 1. The van der Waals surface area contributed by atoms with Crippen molar-refractivity contribution < 1.29 is 14.9 Å². The molecule has 2 fully saturated rings. The van der Waals surface area contributed by atoms with Crippen molar-refractivity contribution in [3.8, 4) is 0 Å². The van der Waals surface area contributed by atoms with Crippen molar-refractivity contribution in [3.05, 3.63) is 0 Å². The first-order valence-corrected chi connectivity index (χ1v) is 6.17. The van der Waals surface area contributed by atoms with Gasteiger partial charge in [-0.2, -0.15) is 0 Å². The second-order valence-electron chi connectivity index (χ2n) is 5.45. The summed E-state index contributed by atoms with van der Waals surface area (Å²) in [6.07, 6.45) is 4.82. The summed E-state index contributed by atoms with van der Waals surface area (Å²) in [4.78, 5) is 13.0. The molecule has 16 heavy (non-hydrogen) atoms. The van der Waals surface area contributed by atoms with Crippen molar-refractivity contribution in [2.45, 2.75) is 38.9 Å². The van der Waals surface area contributed by atoms with E-state index in [0.717, 1.165) is 45.2 Å². The van der Waals surface area contributed by atoms with E-state index in [1.54, 1.807) is 6.82 Å². The minimum atomic E-state index is -0.630. The van der Waals surface area contributed by atoms with E-state index in [1.165, 1.54) is 0 Å². The van der Waals surface area contributed by atoms with Crippen LogP contribution in [0.25, 0.3) is 0 Å². The predicted octanol–water partition coefficient (Wildman–Crippen LogP) is 1.06. The number of rotatable bonds is 2. The quantitative estimate of drug-likeness (QED) is 0.690. The van der Waals surface area contributed by atoms with Gasteiger partial charge in [-0.25, -0.2) is 0 Å². The lowest BCUT2D eigenvalue weighted by Crippen LogP contribution is -2.46. The summed E-state index contributed by atoms with van der Waals surface area (Å²) in [5.41, 5.74) is 0.258. The molecule has 1 saturated carbocycles. The molecule has 1 spiro atoms. The van der Waals surface area contributed by atoms with Gasteiger partial charge in [0.2, 0.25) is 0 Å². The molecular formula is C11H20BNO3. The van der Waals surface area contributed by atoms with Crippen LogP contribution in [0.5, 0.6) is 0 Å². The van der Waals surface area contributed by atoms with Gasteiger partial charge in [0, 0.05) is 0 Å². The highest BCUT2D eigenvalue weighted by molar-refractivity contribution is 6.45. The molecule has 1 unspecified atom stereocenters. The molecule has 90 valence electrons. The molecule has 1 atom stereocenters. The SMILES string of the molecule is CB(O)N1CCC2(CCC(C(=O)O)C2)CC1. The summed E-state index contributed by atoms with van der Waals surface area (Å²) >= 11 is 0. The highest BCUT2D eigenvalue weighted by Gasteiger charge is 2.44. The van der Waals surface area contributed by atoms with Crippen molar-refractivity contribution in [1.29, 1.82) is 0 Å². The summed E-state index contributed by atoms with van der Waals surface area (Å²) < 4.78 is 0.